The number of aliphatic carboxylic acids is 1. The Morgan fingerprint density at radius 2 is 1.70 bits per heavy atom. The number of carbonyl (C=O) groups is 3. The first-order valence-electron chi connectivity index (χ1n) is 10.2. The van der Waals surface area contributed by atoms with Gasteiger partial charge in [0.15, 0.2) is 6.04 Å². The molecule has 0 saturated carbocycles. The van der Waals surface area contributed by atoms with E-state index >= 15 is 0 Å². The molecule has 0 unspecified atom stereocenters. The number of fused-ring (bicyclic) bond motifs is 3. The monoisotopic (exact) mass is 451 g/mol. The molecule has 0 radical (unpaired) electrons. The van der Waals surface area contributed by atoms with Gasteiger partial charge < -0.3 is 30.1 Å². The van der Waals surface area contributed by atoms with Crippen LogP contribution in [0.5, 0.6) is 0 Å². The second kappa shape index (κ2) is 9.53. The number of alkyl carbamates (subject to hydrolysis) is 1. The standard InChI is InChI=1S/C23H21N3O7/c27-10-20(22(29)30)25-21(28)18-12-33-26-19(18)9-24-23(31)32-11-17-15-7-3-1-5-13(15)14-6-2-4-8-16(14)17/h1-8,12,17,20,27H,9-11H2,(H,24,31)(H,25,28)(H,29,30)/t20-/m0/s1. The Morgan fingerprint density at radius 1 is 1.06 bits per heavy atom. The minimum Gasteiger partial charge on any atom is -0.480 e. The van der Waals surface area contributed by atoms with E-state index in [-0.39, 0.29) is 30.3 Å². The Morgan fingerprint density at radius 3 is 2.30 bits per heavy atom. The van der Waals surface area contributed by atoms with E-state index in [9.17, 15) is 14.4 Å². The van der Waals surface area contributed by atoms with Crippen molar-refractivity contribution in [3.05, 3.63) is 77.2 Å². The molecular formula is C23H21N3O7. The average Bonchev–Trinajstić information content (AvgIpc) is 3.42. The van der Waals surface area contributed by atoms with Crippen LogP contribution >= 0.6 is 0 Å². The number of ether oxygens (including phenoxy) is 1. The van der Waals surface area contributed by atoms with Crippen molar-refractivity contribution in [2.24, 2.45) is 0 Å². The zero-order chi connectivity index (χ0) is 23.4. The number of aliphatic hydroxyl groups is 1. The number of aliphatic hydroxyl groups excluding tert-OH is 1. The molecule has 0 fully saturated rings. The van der Waals surface area contributed by atoms with Crippen molar-refractivity contribution in [2.75, 3.05) is 13.2 Å². The fraction of sp³-hybridized carbons (Fsp3) is 0.217. The third-order valence-electron chi connectivity index (χ3n) is 5.42. The lowest BCUT2D eigenvalue weighted by Gasteiger charge is -2.14. The summed E-state index contributed by atoms with van der Waals surface area (Å²) in [6.45, 7) is -0.824. The average molecular weight is 451 g/mol. The molecule has 4 N–H and O–H groups in total. The topological polar surface area (TPSA) is 151 Å². The molecule has 0 spiro atoms. The normalized spacial score (nSPS) is 13.0. The Kier molecular flexibility index (Phi) is 6.36. The predicted octanol–water partition coefficient (Wildman–Crippen LogP) is 1.89. The maximum atomic E-state index is 12.3. The van der Waals surface area contributed by atoms with E-state index in [4.69, 9.17) is 19.5 Å². The largest absolute Gasteiger partial charge is 0.480 e. The minimum atomic E-state index is -1.48. The molecule has 1 aromatic heterocycles. The van der Waals surface area contributed by atoms with E-state index in [0.29, 0.717) is 0 Å². The van der Waals surface area contributed by atoms with Gasteiger partial charge in [-0.15, -0.1) is 0 Å². The summed E-state index contributed by atoms with van der Waals surface area (Å²) in [6, 6.07) is 14.5. The van der Waals surface area contributed by atoms with Crippen molar-refractivity contribution in [1.29, 1.82) is 0 Å². The van der Waals surface area contributed by atoms with Gasteiger partial charge in [-0.05, 0) is 22.3 Å². The summed E-state index contributed by atoms with van der Waals surface area (Å²) < 4.78 is 10.2. The summed E-state index contributed by atoms with van der Waals surface area (Å²) >= 11 is 0. The molecule has 170 valence electrons. The first-order valence-corrected chi connectivity index (χ1v) is 10.2. The molecule has 10 heteroatoms. The molecule has 1 atom stereocenters. The van der Waals surface area contributed by atoms with Crippen LogP contribution in [0.1, 0.15) is 33.1 Å². The smallest absolute Gasteiger partial charge is 0.407 e. The van der Waals surface area contributed by atoms with Gasteiger partial charge in [0.2, 0.25) is 0 Å². The molecule has 4 rings (SSSR count). The lowest BCUT2D eigenvalue weighted by molar-refractivity contribution is -0.140. The summed E-state index contributed by atoms with van der Waals surface area (Å²) in [5.74, 6) is -2.29. The number of hydrogen-bond acceptors (Lipinski definition) is 7. The van der Waals surface area contributed by atoms with Crippen LogP contribution in [0.4, 0.5) is 4.79 Å². The van der Waals surface area contributed by atoms with Crippen LogP contribution in [0.2, 0.25) is 0 Å². The van der Waals surface area contributed by atoms with E-state index in [1.807, 2.05) is 48.5 Å². The second-order valence-electron chi connectivity index (χ2n) is 7.40. The van der Waals surface area contributed by atoms with E-state index in [1.54, 1.807) is 0 Å². The molecule has 2 amide bonds. The fourth-order valence-electron chi connectivity index (χ4n) is 3.80. The van der Waals surface area contributed by atoms with Gasteiger partial charge in [-0.2, -0.15) is 0 Å². The van der Waals surface area contributed by atoms with Crippen molar-refractivity contribution >= 4 is 18.0 Å². The SMILES string of the molecule is O=C(NCc1nocc1C(=O)N[C@@H](CO)C(=O)O)OCC1c2ccccc2-c2ccccc21. The summed E-state index contributed by atoms with van der Waals surface area (Å²) in [6.07, 6.45) is 0.324. The van der Waals surface area contributed by atoms with Gasteiger partial charge >= 0.3 is 12.1 Å². The molecule has 1 heterocycles. The molecule has 33 heavy (non-hydrogen) atoms. The highest BCUT2D eigenvalue weighted by Gasteiger charge is 2.29. The number of nitrogens with zero attached hydrogens (tertiary/aromatic N) is 1. The number of benzene rings is 2. The molecule has 10 nitrogen and oxygen atoms in total. The van der Waals surface area contributed by atoms with E-state index in [2.05, 4.69) is 15.8 Å². The fourth-order valence-corrected chi connectivity index (χ4v) is 3.80. The number of carboxylic acids is 1. The van der Waals surface area contributed by atoms with Crippen molar-refractivity contribution in [2.45, 2.75) is 18.5 Å². The molecule has 0 aliphatic heterocycles. The molecule has 3 aromatic rings. The van der Waals surface area contributed by atoms with Gasteiger partial charge in [0.05, 0.1) is 13.2 Å². The third-order valence-corrected chi connectivity index (χ3v) is 5.42. The summed E-state index contributed by atoms with van der Waals surface area (Å²) in [7, 11) is 0. The number of carbonyl (C=O) groups excluding carboxylic acids is 2. The second-order valence-corrected chi connectivity index (χ2v) is 7.40. The third kappa shape index (κ3) is 4.55. The molecule has 1 aliphatic carbocycles. The zero-order valence-corrected chi connectivity index (χ0v) is 17.4. The number of rotatable bonds is 8. The van der Waals surface area contributed by atoms with Crippen molar-refractivity contribution in [3.8, 4) is 11.1 Å². The Labute approximate surface area is 188 Å². The summed E-state index contributed by atoms with van der Waals surface area (Å²) in [4.78, 5) is 35.5. The first kappa shape index (κ1) is 22.0. The van der Waals surface area contributed by atoms with Crippen LogP contribution in [0.15, 0.2) is 59.3 Å². The van der Waals surface area contributed by atoms with E-state index in [0.717, 1.165) is 28.5 Å². The molecule has 0 saturated heterocycles. The molecule has 2 aromatic carbocycles. The highest BCUT2D eigenvalue weighted by molar-refractivity contribution is 5.97. The van der Waals surface area contributed by atoms with Crippen LogP contribution < -0.4 is 10.6 Å². The van der Waals surface area contributed by atoms with Gasteiger partial charge in [0.1, 0.15) is 24.1 Å². The zero-order valence-electron chi connectivity index (χ0n) is 17.4. The number of hydrogen-bond donors (Lipinski definition) is 4. The minimum absolute atomic E-state index is 0.0614. The van der Waals surface area contributed by atoms with Crippen molar-refractivity contribution < 1.29 is 33.9 Å². The van der Waals surface area contributed by atoms with Crippen LogP contribution in [0, 0.1) is 0 Å². The number of aromatic nitrogens is 1. The molecular weight excluding hydrogens is 430 g/mol. The maximum absolute atomic E-state index is 12.3. The molecule has 0 bridgehead atoms. The van der Waals surface area contributed by atoms with Crippen molar-refractivity contribution in [3.63, 3.8) is 0 Å². The highest BCUT2D eigenvalue weighted by atomic mass is 16.5. The number of carboxylic acid groups (broad SMARTS) is 1. The summed E-state index contributed by atoms with van der Waals surface area (Å²) in [5.41, 5.74) is 4.42. The summed E-state index contributed by atoms with van der Waals surface area (Å²) in [5, 5.41) is 26.3. The lowest BCUT2D eigenvalue weighted by Crippen LogP contribution is -2.43. The van der Waals surface area contributed by atoms with Gasteiger partial charge in [0, 0.05) is 5.92 Å². The Balaban J connectivity index is 1.36. The quantitative estimate of drug-likeness (QED) is 0.405. The van der Waals surface area contributed by atoms with Crippen LogP contribution in [-0.2, 0) is 16.1 Å². The predicted molar refractivity (Wildman–Crippen MR) is 114 cm³/mol. The Bertz CT molecular complexity index is 1140. The number of nitrogens with one attached hydrogen (secondary N) is 2. The molecule has 1 aliphatic rings. The van der Waals surface area contributed by atoms with E-state index < -0.39 is 30.6 Å². The maximum Gasteiger partial charge on any atom is 0.407 e. The number of amides is 2. The van der Waals surface area contributed by atoms with Gasteiger partial charge in [-0.3, -0.25) is 4.79 Å². The van der Waals surface area contributed by atoms with Gasteiger partial charge in [0.25, 0.3) is 5.91 Å². The van der Waals surface area contributed by atoms with E-state index in [1.165, 1.54) is 0 Å². The van der Waals surface area contributed by atoms with Crippen LogP contribution in [0.3, 0.4) is 0 Å². The lowest BCUT2D eigenvalue weighted by atomic mass is 9.98. The first-order chi connectivity index (χ1) is 16.0. The van der Waals surface area contributed by atoms with Gasteiger partial charge in [-0.1, -0.05) is 53.7 Å². The van der Waals surface area contributed by atoms with Crippen LogP contribution in [-0.4, -0.2) is 52.6 Å². The van der Waals surface area contributed by atoms with Crippen LogP contribution in [0.25, 0.3) is 11.1 Å². The Hall–Kier alpha value is -4.18. The van der Waals surface area contributed by atoms with Gasteiger partial charge in [-0.25, -0.2) is 9.59 Å². The van der Waals surface area contributed by atoms with Crippen molar-refractivity contribution in [1.82, 2.24) is 15.8 Å². The highest BCUT2D eigenvalue weighted by Crippen LogP contribution is 2.44.